The van der Waals surface area contributed by atoms with E-state index < -0.39 is 7.60 Å². The molecule has 0 bridgehead atoms. The molecule has 0 unspecified atom stereocenters. The van der Waals surface area contributed by atoms with Crippen LogP contribution in [0.15, 0.2) is 0 Å². The zero-order valence-corrected chi connectivity index (χ0v) is 8.70. The van der Waals surface area contributed by atoms with Crippen molar-refractivity contribution in [2.45, 2.75) is 13.3 Å². The average Bonchev–Trinajstić information content (AvgIpc) is 2.06. The summed E-state index contributed by atoms with van der Waals surface area (Å²) in [6, 6.07) is 0. The molecule has 0 atom stereocenters. The first-order valence-electron chi connectivity index (χ1n) is 4.26. The van der Waals surface area contributed by atoms with E-state index in [4.69, 9.17) is 19.3 Å². The van der Waals surface area contributed by atoms with E-state index in [0.717, 1.165) is 26.4 Å². The van der Waals surface area contributed by atoms with Gasteiger partial charge >= 0.3 is 7.60 Å². The Morgan fingerprint density at radius 1 is 1.15 bits per heavy atom. The molecule has 0 aromatic heterocycles. The van der Waals surface area contributed by atoms with Gasteiger partial charge in [-0.25, -0.2) is 0 Å². The summed E-state index contributed by atoms with van der Waals surface area (Å²) in [5, 5.41) is 0. The van der Waals surface area contributed by atoms with Crippen LogP contribution in [0, 0.1) is 0 Å². The molecule has 0 saturated carbocycles. The van der Waals surface area contributed by atoms with Crippen LogP contribution in [0.25, 0.3) is 0 Å². The second-order valence-electron chi connectivity index (χ2n) is 2.61. The van der Waals surface area contributed by atoms with Crippen LogP contribution in [0.4, 0.5) is 0 Å². The summed E-state index contributed by atoms with van der Waals surface area (Å²) in [6.45, 7) is 4.85. The van der Waals surface area contributed by atoms with Crippen LogP contribution in [0.1, 0.15) is 13.3 Å². The van der Waals surface area contributed by atoms with E-state index in [-0.39, 0.29) is 6.16 Å². The van der Waals surface area contributed by atoms with E-state index >= 15 is 0 Å². The second-order valence-corrected chi connectivity index (χ2v) is 4.39. The van der Waals surface area contributed by atoms with Crippen LogP contribution in [0.3, 0.4) is 0 Å². The van der Waals surface area contributed by atoms with Gasteiger partial charge in [-0.15, -0.1) is 0 Å². The predicted octanol–water partition coefficient (Wildman–Crippen LogP) is 0.607. The number of rotatable bonds is 2. The third-order valence-corrected chi connectivity index (χ3v) is 2.29. The largest absolute Gasteiger partial charge is 0.377 e. The van der Waals surface area contributed by atoms with Crippen LogP contribution in [-0.2, 0) is 14.0 Å². The molecule has 1 aliphatic heterocycles. The van der Waals surface area contributed by atoms with Gasteiger partial charge in [0.05, 0.1) is 26.4 Å². The molecule has 80 valence electrons. The Kier molecular flexibility index (Phi) is 7.51. The van der Waals surface area contributed by atoms with Crippen molar-refractivity contribution in [2.24, 2.45) is 0 Å². The minimum Gasteiger partial charge on any atom is -0.377 e. The van der Waals surface area contributed by atoms with Crippen LogP contribution in [-0.4, -0.2) is 42.4 Å². The lowest BCUT2D eigenvalue weighted by molar-refractivity contribution is -0.0334. The van der Waals surface area contributed by atoms with Gasteiger partial charge in [0, 0.05) is 6.16 Å². The van der Waals surface area contributed by atoms with Crippen molar-refractivity contribution >= 4 is 7.60 Å². The Balaban J connectivity index is 0.000000223. The predicted molar refractivity (Wildman–Crippen MR) is 48.8 cm³/mol. The quantitative estimate of drug-likeness (QED) is 0.656. The van der Waals surface area contributed by atoms with Gasteiger partial charge in [0.15, 0.2) is 0 Å². The van der Waals surface area contributed by atoms with Gasteiger partial charge in [-0.2, -0.15) is 0 Å². The maximum Gasteiger partial charge on any atom is 0.325 e. The number of ether oxygens (including phenoxy) is 2. The fourth-order valence-corrected chi connectivity index (χ4v) is 1.31. The van der Waals surface area contributed by atoms with Crippen LogP contribution >= 0.6 is 7.60 Å². The summed E-state index contributed by atoms with van der Waals surface area (Å²) in [4.78, 5) is 16.3. The summed E-state index contributed by atoms with van der Waals surface area (Å²) < 4.78 is 19.8. The van der Waals surface area contributed by atoms with Gasteiger partial charge in [0.2, 0.25) is 0 Å². The molecule has 0 radical (unpaired) electrons. The molecule has 1 saturated heterocycles. The molecular formula is C7H17O5P. The van der Waals surface area contributed by atoms with Gasteiger partial charge in [-0.05, 0) is 6.42 Å². The summed E-state index contributed by atoms with van der Waals surface area (Å²) in [7, 11) is -3.67. The Hall–Kier alpha value is 0.0700. The summed E-state index contributed by atoms with van der Waals surface area (Å²) in [5.74, 6) is 0. The molecule has 0 amide bonds. The Morgan fingerprint density at radius 2 is 1.54 bits per heavy atom. The van der Waals surface area contributed by atoms with E-state index in [9.17, 15) is 4.57 Å². The topological polar surface area (TPSA) is 76.0 Å². The molecule has 0 spiro atoms. The zero-order valence-electron chi connectivity index (χ0n) is 7.81. The molecule has 0 aliphatic carbocycles. The van der Waals surface area contributed by atoms with Crippen molar-refractivity contribution in [3.63, 3.8) is 0 Å². The lowest BCUT2D eigenvalue weighted by atomic mass is 10.6. The Bertz CT molecular complexity index is 139. The van der Waals surface area contributed by atoms with Gasteiger partial charge in [-0.3, -0.25) is 4.57 Å². The Labute approximate surface area is 78.2 Å². The maximum atomic E-state index is 9.93. The summed E-state index contributed by atoms with van der Waals surface area (Å²) in [5.41, 5.74) is 0. The minimum absolute atomic E-state index is 0.00694. The first kappa shape index (κ1) is 13.1. The van der Waals surface area contributed by atoms with Crippen LogP contribution in [0.5, 0.6) is 0 Å². The highest BCUT2D eigenvalue weighted by Gasteiger charge is 2.08. The SMILES string of the molecule is C1COCCO1.CCCP(=O)(O)O. The minimum atomic E-state index is -3.67. The molecule has 0 aromatic rings. The molecule has 6 heteroatoms. The summed E-state index contributed by atoms with van der Waals surface area (Å²) >= 11 is 0. The first-order chi connectivity index (χ1) is 6.06. The molecule has 5 nitrogen and oxygen atoms in total. The van der Waals surface area contributed by atoms with Crippen molar-refractivity contribution in [1.82, 2.24) is 0 Å². The van der Waals surface area contributed by atoms with Crippen molar-refractivity contribution in [3.8, 4) is 0 Å². The van der Waals surface area contributed by atoms with Crippen LogP contribution < -0.4 is 0 Å². The second kappa shape index (κ2) is 7.47. The normalized spacial score (nSPS) is 17.5. The standard InChI is InChI=1S/C4H8O2.C3H9O3P/c1-2-6-4-3-5-1;1-2-3-7(4,5)6/h1-4H2;2-3H2,1H3,(H2,4,5,6). The smallest absolute Gasteiger partial charge is 0.325 e. The number of hydrogen-bond acceptors (Lipinski definition) is 3. The molecule has 0 aromatic carbocycles. The third kappa shape index (κ3) is 12.1. The first-order valence-corrected chi connectivity index (χ1v) is 6.06. The zero-order chi connectivity index (χ0) is 10.2. The van der Waals surface area contributed by atoms with Crippen molar-refractivity contribution in [1.29, 1.82) is 0 Å². The fourth-order valence-electron chi connectivity index (χ4n) is 0.731. The molecule has 1 fully saturated rings. The van der Waals surface area contributed by atoms with Crippen molar-refractivity contribution < 1.29 is 23.8 Å². The molecule has 1 aliphatic rings. The van der Waals surface area contributed by atoms with Gasteiger partial charge in [-0.1, -0.05) is 6.92 Å². The van der Waals surface area contributed by atoms with Crippen molar-refractivity contribution in [2.75, 3.05) is 32.6 Å². The van der Waals surface area contributed by atoms with E-state index in [1.54, 1.807) is 6.92 Å². The average molecular weight is 212 g/mol. The van der Waals surface area contributed by atoms with Gasteiger partial charge < -0.3 is 19.3 Å². The maximum absolute atomic E-state index is 9.93. The highest BCUT2D eigenvalue weighted by Crippen LogP contribution is 2.34. The molecule has 2 N–H and O–H groups in total. The highest BCUT2D eigenvalue weighted by molar-refractivity contribution is 7.51. The lowest BCUT2D eigenvalue weighted by Gasteiger charge is -2.09. The third-order valence-electron chi connectivity index (χ3n) is 1.26. The van der Waals surface area contributed by atoms with E-state index in [1.165, 1.54) is 0 Å². The Morgan fingerprint density at radius 3 is 1.62 bits per heavy atom. The van der Waals surface area contributed by atoms with E-state index in [0.29, 0.717) is 6.42 Å². The van der Waals surface area contributed by atoms with Crippen molar-refractivity contribution in [3.05, 3.63) is 0 Å². The summed E-state index contributed by atoms with van der Waals surface area (Å²) in [6.07, 6.45) is 0.553. The highest BCUT2D eigenvalue weighted by atomic mass is 31.2. The van der Waals surface area contributed by atoms with E-state index in [1.807, 2.05) is 0 Å². The lowest BCUT2D eigenvalue weighted by Crippen LogP contribution is -2.16. The van der Waals surface area contributed by atoms with E-state index in [2.05, 4.69) is 0 Å². The monoisotopic (exact) mass is 212 g/mol. The fraction of sp³-hybridized carbons (Fsp3) is 1.00. The molecule has 1 rings (SSSR count). The molecular weight excluding hydrogens is 195 g/mol. The van der Waals surface area contributed by atoms with Gasteiger partial charge in [0.25, 0.3) is 0 Å². The molecule has 13 heavy (non-hydrogen) atoms. The molecule has 1 heterocycles. The number of hydrogen-bond donors (Lipinski definition) is 2. The van der Waals surface area contributed by atoms with Gasteiger partial charge in [0.1, 0.15) is 0 Å². The van der Waals surface area contributed by atoms with Crippen LogP contribution in [0.2, 0.25) is 0 Å².